The summed E-state index contributed by atoms with van der Waals surface area (Å²) in [7, 11) is 1.64. The molecule has 0 spiro atoms. The van der Waals surface area contributed by atoms with E-state index in [0.717, 1.165) is 39.3 Å². The average Bonchev–Trinajstić information content (AvgIpc) is 3.40. The molecule has 0 bridgehead atoms. The number of aromatic nitrogens is 3. The van der Waals surface area contributed by atoms with E-state index in [9.17, 15) is 4.79 Å². The summed E-state index contributed by atoms with van der Waals surface area (Å²) in [4.78, 5) is 17.2. The summed E-state index contributed by atoms with van der Waals surface area (Å²) in [6.07, 6.45) is 3.17. The molecule has 1 aliphatic rings. The van der Waals surface area contributed by atoms with Crippen LogP contribution in [0, 0.1) is 0 Å². The number of benzene rings is 2. The van der Waals surface area contributed by atoms with Crippen molar-refractivity contribution < 1.29 is 14.3 Å². The van der Waals surface area contributed by atoms with Gasteiger partial charge >= 0.3 is 0 Å². The summed E-state index contributed by atoms with van der Waals surface area (Å²) >= 11 is 1.51. The minimum absolute atomic E-state index is 0.0339. The van der Waals surface area contributed by atoms with Crippen LogP contribution in [-0.4, -0.2) is 34.4 Å². The van der Waals surface area contributed by atoms with Crippen LogP contribution in [0.4, 0.5) is 5.82 Å². The van der Waals surface area contributed by atoms with Crippen molar-refractivity contribution in [1.29, 1.82) is 0 Å². The van der Waals surface area contributed by atoms with Crippen molar-refractivity contribution >= 4 is 33.3 Å². The molecule has 0 saturated carbocycles. The second kappa shape index (κ2) is 8.03. The number of ether oxygens (including phenoxy) is 2. The van der Waals surface area contributed by atoms with Crippen molar-refractivity contribution in [2.75, 3.05) is 19.0 Å². The molecule has 5 rings (SSSR count). The van der Waals surface area contributed by atoms with Crippen molar-refractivity contribution in [2.24, 2.45) is 0 Å². The van der Waals surface area contributed by atoms with Crippen LogP contribution >= 0.6 is 11.3 Å². The Bertz CT molecular complexity index is 1250. The van der Waals surface area contributed by atoms with Crippen LogP contribution in [-0.2, 0) is 4.79 Å². The van der Waals surface area contributed by atoms with Gasteiger partial charge in [0.2, 0.25) is 11.0 Å². The highest BCUT2D eigenvalue weighted by molar-refractivity contribution is 7.20. The van der Waals surface area contributed by atoms with Gasteiger partial charge in [-0.2, -0.15) is 9.78 Å². The van der Waals surface area contributed by atoms with Gasteiger partial charge < -0.3 is 14.8 Å². The van der Waals surface area contributed by atoms with E-state index >= 15 is 0 Å². The van der Waals surface area contributed by atoms with E-state index < -0.39 is 0 Å². The molecule has 0 saturated heterocycles. The van der Waals surface area contributed by atoms with Crippen LogP contribution in [0.15, 0.2) is 48.7 Å². The minimum atomic E-state index is -0.0628. The van der Waals surface area contributed by atoms with E-state index in [-0.39, 0.29) is 11.8 Å². The minimum Gasteiger partial charge on any atom is -0.497 e. The number of thiazole rings is 1. The Hall–Kier alpha value is -3.39. The Morgan fingerprint density at radius 3 is 2.77 bits per heavy atom. The zero-order valence-electron chi connectivity index (χ0n) is 17.3. The maximum Gasteiger partial charge on any atom is 0.226 e. The maximum atomic E-state index is 12.5. The Kier molecular flexibility index (Phi) is 5.07. The van der Waals surface area contributed by atoms with Gasteiger partial charge in [-0.3, -0.25) is 4.79 Å². The molecule has 8 heteroatoms. The molecule has 1 amide bonds. The highest BCUT2D eigenvalue weighted by Gasteiger charge is 2.31. The molecule has 158 valence electrons. The molecule has 2 aromatic carbocycles. The summed E-state index contributed by atoms with van der Waals surface area (Å²) in [5, 5.41) is 8.26. The van der Waals surface area contributed by atoms with Gasteiger partial charge in [0.25, 0.3) is 0 Å². The third-order valence-corrected chi connectivity index (χ3v) is 6.33. The number of nitrogens with zero attached hydrogens (tertiary/aromatic N) is 3. The molecule has 0 fully saturated rings. The number of hydrogen-bond acceptors (Lipinski definition) is 6. The van der Waals surface area contributed by atoms with E-state index in [2.05, 4.69) is 17.3 Å². The van der Waals surface area contributed by atoms with Gasteiger partial charge in [0.1, 0.15) is 17.3 Å². The normalized spacial score (nSPS) is 15.5. The van der Waals surface area contributed by atoms with Gasteiger partial charge in [0.15, 0.2) is 0 Å². The fourth-order valence-corrected chi connectivity index (χ4v) is 4.75. The van der Waals surface area contributed by atoms with E-state index in [0.29, 0.717) is 24.0 Å². The fraction of sp³-hybridized carbons (Fsp3) is 0.261. The van der Waals surface area contributed by atoms with Crippen molar-refractivity contribution in [3.8, 4) is 16.6 Å². The summed E-state index contributed by atoms with van der Waals surface area (Å²) in [5.41, 5.74) is 2.92. The third-order valence-electron chi connectivity index (χ3n) is 5.34. The first-order chi connectivity index (χ1) is 15.2. The predicted molar refractivity (Wildman–Crippen MR) is 121 cm³/mol. The van der Waals surface area contributed by atoms with Gasteiger partial charge in [-0.1, -0.05) is 30.4 Å². The molecular weight excluding hydrogens is 412 g/mol. The van der Waals surface area contributed by atoms with Crippen LogP contribution in [0.5, 0.6) is 11.5 Å². The molecule has 1 aliphatic heterocycles. The third kappa shape index (κ3) is 3.63. The number of amides is 1. The number of nitrogens with one attached hydrogen (secondary N) is 1. The van der Waals surface area contributed by atoms with Crippen LogP contribution < -0.4 is 14.8 Å². The summed E-state index contributed by atoms with van der Waals surface area (Å²) in [6, 6.07) is 13.7. The van der Waals surface area contributed by atoms with E-state index in [1.165, 1.54) is 11.3 Å². The SMILES string of the molecule is CCCOc1ccc(C2CC(=O)Nc3c2cnn3-c2nc3ccc(OC)cc3s2)cc1. The first-order valence-corrected chi connectivity index (χ1v) is 11.0. The summed E-state index contributed by atoms with van der Waals surface area (Å²) in [5.74, 6) is 2.20. The summed E-state index contributed by atoms with van der Waals surface area (Å²) < 4.78 is 13.7. The summed E-state index contributed by atoms with van der Waals surface area (Å²) in [6.45, 7) is 2.77. The van der Waals surface area contributed by atoms with Gasteiger partial charge in [-0.15, -0.1) is 0 Å². The number of fused-ring (bicyclic) bond motifs is 2. The van der Waals surface area contributed by atoms with Gasteiger partial charge in [-0.05, 0) is 42.3 Å². The topological polar surface area (TPSA) is 78.3 Å². The molecule has 0 radical (unpaired) electrons. The second-order valence-corrected chi connectivity index (χ2v) is 8.42. The van der Waals surface area contributed by atoms with E-state index in [4.69, 9.17) is 14.5 Å². The Morgan fingerprint density at radius 1 is 1.19 bits per heavy atom. The monoisotopic (exact) mass is 434 g/mol. The number of hydrogen-bond donors (Lipinski definition) is 1. The standard InChI is InChI=1S/C23H22N4O3S/c1-3-10-30-15-6-4-14(5-7-15)17-12-21(28)26-22-18(17)13-24-27(22)23-25-19-9-8-16(29-2)11-20(19)31-23/h4-9,11,13,17H,3,10,12H2,1-2H3,(H,26,28). The van der Waals surface area contributed by atoms with Crippen molar-refractivity contribution in [3.05, 3.63) is 59.8 Å². The Morgan fingerprint density at radius 2 is 2.00 bits per heavy atom. The lowest BCUT2D eigenvalue weighted by molar-refractivity contribution is -0.116. The number of carbonyl (C=O) groups is 1. The molecule has 2 aromatic heterocycles. The number of methoxy groups -OCH3 is 1. The lowest BCUT2D eigenvalue weighted by Crippen LogP contribution is -2.24. The van der Waals surface area contributed by atoms with E-state index in [1.807, 2.05) is 48.7 Å². The van der Waals surface area contributed by atoms with Gasteiger partial charge in [-0.25, -0.2) is 4.98 Å². The molecule has 4 aromatic rings. The van der Waals surface area contributed by atoms with Gasteiger partial charge in [0, 0.05) is 17.9 Å². The zero-order chi connectivity index (χ0) is 21.4. The highest BCUT2D eigenvalue weighted by atomic mass is 32.1. The molecule has 0 aliphatic carbocycles. The first-order valence-electron chi connectivity index (χ1n) is 10.2. The highest BCUT2D eigenvalue weighted by Crippen LogP contribution is 2.39. The first kappa shape index (κ1) is 19.6. The lowest BCUT2D eigenvalue weighted by Gasteiger charge is -2.23. The predicted octanol–water partition coefficient (Wildman–Crippen LogP) is 4.75. The largest absolute Gasteiger partial charge is 0.497 e. The Balaban J connectivity index is 1.50. The molecule has 1 N–H and O–H groups in total. The second-order valence-electron chi connectivity index (χ2n) is 7.41. The van der Waals surface area contributed by atoms with Crippen LogP contribution in [0.2, 0.25) is 0 Å². The fourth-order valence-electron chi connectivity index (χ4n) is 3.79. The number of rotatable bonds is 6. The number of anilines is 1. The van der Waals surface area contributed by atoms with Crippen molar-refractivity contribution in [2.45, 2.75) is 25.7 Å². The molecule has 31 heavy (non-hydrogen) atoms. The molecule has 1 unspecified atom stereocenters. The van der Waals surface area contributed by atoms with Crippen LogP contribution in [0.25, 0.3) is 15.3 Å². The smallest absolute Gasteiger partial charge is 0.226 e. The molecule has 1 atom stereocenters. The van der Waals surface area contributed by atoms with E-state index in [1.54, 1.807) is 11.8 Å². The Labute approximate surface area is 183 Å². The number of carbonyl (C=O) groups excluding carboxylic acids is 1. The molecular formula is C23H22N4O3S. The van der Waals surface area contributed by atoms with Crippen molar-refractivity contribution in [1.82, 2.24) is 14.8 Å². The molecule has 7 nitrogen and oxygen atoms in total. The van der Waals surface area contributed by atoms with Crippen molar-refractivity contribution in [3.63, 3.8) is 0 Å². The van der Waals surface area contributed by atoms with Crippen LogP contribution in [0.3, 0.4) is 0 Å². The molecule has 3 heterocycles. The lowest BCUT2D eigenvalue weighted by atomic mass is 9.87. The quantitative estimate of drug-likeness (QED) is 0.474. The van der Waals surface area contributed by atoms with Gasteiger partial charge in [0.05, 0.1) is 30.1 Å². The van der Waals surface area contributed by atoms with Crippen LogP contribution in [0.1, 0.15) is 36.8 Å². The zero-order valence-corrected chi connectivity index (χ0v) is 18.1. The maximum absolute atomic E-state index is 12.5. The average molecular weight is 435 g/mol.